The van der Waals surface area contributed by atoms with Crippen LogP contribution in [-0.2, 0) is 14.2 Å². The van der Waals surface area contributed by atoms with Gasteiger partial charge in [0.1, 0.15) is 55.4 Å². The van der Waals surface area contributed by atoms with Crippen LogP contribution in [0, 0.1) is 47.3 Å². The maximum absolute atomic E-state index is 5.40. The SMILES string of the molecule is C1CC2C3CCC(C3)C2C1.C1CC2C3CCC(C3)C2C1.CC.CC.CC.c1ccc(OCC2CO2)cc1.c1ccc(OCC2CO2)cc1.c1ccc(OCC2CO2)cc1. The maximum Gasteiger partial charge on any atom is 0.119 e. The molecule has 0 radical (unpaired) electrons. The predicted molar refractivity (Wildman–Crippen MR) is 242 cm³/mol. The van der Waals surface area contributed by atoms with E-state index in [-0.39, 0.29) is 0 Å². The number of hydrogen-bond acceptors (Lipinski definition) is 6. The average molecular weight is 813 g/mol. The molecule has 4 bridgehead atoms. The van der Waals surface area contributed by atoms with Gasteiger partial charge in [0.15, 0.2) is 0 Å². The standard InChI is InChI=1S/2C10H16.3C9H10O2.3C2H6/c2*1-2-9-7-4-5-8(6-7)10(9)3-1;3*1-2-4-8(5-3-1)10-6-9-7-11-9;3*1-2/h2*7-10H,1-6H2;3*1-5,9H,6-7H2;3*1-2H3. The van der Waals surface area contributed by atoms with E-state index in [1.165, 1.54) is 47.3 Å². The topological polar surface area (TPSA) is 65.3 Å². The maximum atomic E-state index is 5.40. The first-order chi connectivity index (χ1) is 29.2. The number of epoxide rings is 3. The summed E-state index contributed by atoms with van der Waals surface area (Å²) in [6, 6.07) is 29.4. The average Bonchev–Trinajstić information content (AvgIpc) is 4.22. The van der Waals surface area contributed by atoms with Crippen molar-refractivity contribution in [1.29, 1.82) is 0 Å². The summed E-state index contributed by atoms with van der Waals surface area (Å²) in [4.78, 5) is 0. The number of ether oxygens (including phenoxy) is 6. The summed E-state index contributed by atoms with van der Waals surface area (Å²) in [5.41, 5.74) is 0. The van der Waals surface area contributed by atoms with Gasteiger partial charge < -0.3 is 28.4 Å². The second-order valence-corrected chi connectivity index (χ2v) is 16.9. The van der Waals surface area contributed by atoms with E-state index in [2.05, 4.69) is 0 Å². The summed E-state index contributed by atoms with van der Waals surface area (Å²) in [5, 5.41) is 0. The number of benzene rings is 3. The Bertz CT molecular complexity index is 1290. The van der Waals surface area contributed by atoms with Crippen LogP contribution in [0.5, 0.6) is 17.2 Å². The van der Waals surface area contributed by atoms with Gasteiger partial charge in [0.05, 0.1) is 19.8 Å². The number of hydrogen-bond donors (Lipinski definition) is 0. The van der Waals surface area contributed by atoms with Gasteiger partial charge in [-0.25, -0.2) is 0 Å². The van der Waals surface area contributed by atoms with Crippen molar-refractivity contribution < 1.29 is 28.4 Å². The van der Waals surface area contributed by atoms with E-state index in [0.717, 1.165) is 37.1 Å². The lowest BCUT2D eigenvalue weighted by atomic mass is 9.82. The smallest absolute Gasteiger partial charge is 0.119 e. The fourth-order valence-corrected chi connectivity index (χ4v) is 10.6. The molecule has 9 fully saturated rings. The fourth-order valence-electron chi connectivity index (χ4n) is 10.6. The summed E-state index contributed by atoms with van der Waals surface area (Å²) < 4.78 is 31.2. The third-order valence-electron chi connectivity index (χ3n) is 13.4. The minimum Gasteiger partial charge on any atom is -0.491 e. The minimum atomic E-state index is 0.343. The highest BCUT2D eigenvalue weighted by molar-refractivity contribution is 5.22. The first kappa shape index (κ1) is 47.0. The highest BCUT2D eigenvalue weighted by Crippen LogP contribution is 2.59. The van der Waals surface area contributed by atoms with Gasteiger partial charge >= 0.3 is 0 Å². The highest BCUT2D eigenvalue weighted by atomic mass is 16.6. The van der Waals surface area contributed by atoms with Crippen LogP contribution < -0.4 is 14.2 Å². The summed E-state index contributed by atoms with van der Waals surface area (Å²) in [6.45, 7) is 16.6. The Hall–Kier alpha value is -3.06. The van der Waals surface area contributed by atoms with E-state index < -0.39 is 0 Å². The molecule has 6 aliphatic carbocycles. The largest absolute Gasteiger partial charge is 0.491 e. The van der Waals surface area contributed by atoms with Crippen LogP contribution in [0.3, 0.4) is 0 Å². The van der Waals surface area contributed by atoms with Gasteiger partial charge in [0.2, 0.25) is 0 Å². The number of rotatable bonds is 9. The number of para-hydroxylation sites is 3. The minimum absolute atomic E-state index is 0.343. The molecular weight excluding hydrogens is 733 g/mol. The van der Waals surface area contributed by atoms with Gasteiger partial charge in [-0.05, 0) is 148 Å². The van der Waals surface area contributed by atoms with Crippen molar-refractivity contribution in [2.45, 2.75) is 137 Å². The van der Waals surface area contributed by atoms with Crippen LogP contribution in [0.1, 0.15) is 119 Å². The summed E-state index contributed by atoms with van der Waals surface area (Å²) >= 11 is 0. The molecule has 3 aromatic rings. The molecule has 0 N–H and O–H groups in total. The molecule has 3 aromatic carbocycles. The van der Waals surface area contributed by atoms with Crippen LogP contribution in [0.25, 0.3) is 0 Å². The van der Waals surface area contributed by atoms with Crippen molar-refractivity contribution in [3.8, 4) is 17.2 Å². The van der Waals surface area contributed by atoms with E-state index in [0.29, 0.717) is 38.1 Å². The van der Waals surface area contributed by atoms with E-state index in [4.69, 9.17) is 28.4 Å². The van der Waals surface area contributed by atoms with E-state index in [1.54, 1.807) is 77.0 Å². The second-order valence-electron chi connectivity index (χ2n) is 16.9. The molecule has 328 valence electrons. The molecule has 6 saturated carbocycles. The Kier molecular flexibility index (Phi) is 21.0. The third kappa shape index (κ3) is 15.7. The van der Waals surface area contributed by atoms with Crippen LogP contribution in [0.4, 0.5) is 0 Å². The van der Waals surface area contributed by atoms with Crippen LogP contribution in [0.2, 0.25) is 0 Å². The fraction of sp³-hybridized carbons (Fsp3) is 0.660. The molecule has 0 amide bonds. The molecule has 3 aliphatic heterocycles. The molecule has 3 saturated heterocycles. The van der Waals surface area contributed by atoms with Gasteiger partial charge in [-0.3, -0.25) is 0 Å². The quantitative estimate of drug-likeness (QED) is 0.201. The lowest BCUT2D eigenvalue weighted by Crippen LogP contribution is -2.15. The second kappa shape index (κ2) is 26.3. The molecule has 6 nitrogen and oxygen atoms in total. The van der Waals surface area contributed by atoms with Crippen molar-refractivity contribution in [1.82, 2.24) is 0 Å². The zero-order valence-corrected chi connectivity index (χ0v) is 37.7. The van der Waals surface area contributed by atoms with Crippen molar-refractivity contribution in [2.24, 2.45) is 47.3 Å². The molecule has 11 unspecified atom stereocenters. The van der Waals surface area contributed by atoms with E-state index in [1.807, 2.05) is 133 Å². The highest BCUT2D eigenvalue weighted by Gasteiger charge is 2.49. The number of fused-ring (bicyclic) bond motifs is 10. The zero-order valence-electron chi connectivity index (χ0n) is 37.7. The Morgan fingerprint density at radius 3 is 0.831 bits per heavy atom. The molecular formula is C53H80O6. The normalized spacial score (nSPS) is 31.7. The summed E-state index contributed by atoms with van der Waals surface area (Å²) in [6.07, 6.45) is 20.1. The van der Waals surface area contributed by atoms with Gasteiger partial charge in [0.25, 0.3) is 0 Å². The molecule has 11 atom stereocenters. The Morgan fingerprint density at radius 2 is 0.610 bits per heavy atom. The first-order valence-electron chi connectivity index (χ1n) is 24.1. The van der Waals surface area contributed by atoms with Crippen molar-refractivity contribution in [3.05, 3.63) is 91.0 Å². The van der Waals surface area contributed by atoms with E-state index >= 15 is 0 Å². The molecule has 0 spiro atoms. The molecule has 9 aliphatic rings. The van der Waals surface area contributed by atoms with Crippen molar-refractivity contribution >= 4 is 0 Å². The van der Waals surface area contributed by atoms with Crippen molar-refractivity contribution in [3.63, 3.8) is 0 Å². The van der Waals surface area contributed by atoms with Gasteiger partial charge in [-0.1, -0.05) is 109 Å². The van der Waals surface area contributed by atoms with Crippen LogP contribution in [0.15, 0.2) is 91.0 Å². The molecule has 59 heavy (non-hydrogen) atoms. The van der Waals surface area contributed by atoms with Gasteiger partial charge in [0, 0.05) is 0 Å². The molecule has 12 rings (SSSR count). The van der Waals surface area contributed by atoms with Crippen LogP contribution >= 0.6 is 0 Å². The molecule has 6 heteroatoms. The first-order valence-corrected chi connectivity index (χ1v) is 24.1. The summed E-state index contributed by atoms with van der Waals surface area (Å²) in [5.74, 6) is 12.4. The van der Waals surface area contributed by atoms with Gasteiger partial charge in [-0.15, -0.1) is 0 Å². The third-order valence-corrected chi connectivity index (χ3v) is 13.4. The monoisotopic (exact) mass is 813 g/mol. The Morgan fingerprint density at radius 1 is 0.373 bits per heavy atom. The molecule has 3 heterocycles. The van der Waals surface area contributed by atoms with Crippen molar-refractivity contribution in [2.75, 3.05) is 39.6 Å². The summed E-state index contributed by atoms with van der Waals surface area (Å²) in [7, 11) is 0. The lowest BCUT2D eigenvalue weighted by Gasteiger charge is -2.23. The lowest BCUT2D eigenvalue weighted by molar-refractivity contribution is 0.259. The van der Waals surface area contributed by atoms with Crippen LogP contribution in [-0.4, -0.2) is 58.0 Å². The zero-order chi connectivity index (χ0) is 41.7. The predicted octanol–water partition coefficient (Wildman–Crippen LogP) is 13.1. The Labute approximate surface area is 359 Å². The molecule has 0 aromatic heterocycles. The Balaban J connectivity index is 0.000000136. The van der Waals surface area contributed by atoms with E-state index in [9.17, 15) is 0 Å². The van der Waals surface area contributed by atoms with Gasteiger partial charge in [-0.2, -0.15) is 0 Å².